The Bertz CT molecular complexity index is 1000. The summed E-state index contributed by atoms with van der Waals surface area (Å²) in [4.78, 5) is 22.5. The first-order valence-electron chi connectivity index (χ1n) is 11.5. The molecule has 35 heavy (non-hydrogen) atoms. The molecule has 1 N–H and O–H groups in total. The minimum Gasteiger partial charge on any atom is -0.496 e. The normalized spacial score (nSPS) is 18.6. The molecule has 11 heteroatoms. The van der Waals surface area contributed by atoms with Gasteiger partial charge in [-0.3, -0.25) is 20.2 Å². The maximum Gasteiger partial charge on any atom is 0.275 e. The molecule has 0 radical (unpaired) electrons. The summed E-state index contributed by atoms with van der Waals surface area (Å²) in [7, 11) is 2.99. The molecule has 0 aromatic heterocycles. The Balaban J connectivity index is 0.000000207. The van der Waals surface area contributed by atoms with Crippen LogP contribution in [0.1, 0.15) is 39.5 Å². The lowest BCUT2D eigenvalue weighted by Gasteiger charge is -2.23. The molecule has 0 saturated carbocycles. The van der Waals surface area contributed by atoms with Crippen LogP contribution >= 0.6 is 15.9 Å². The summed E-state index contributed by atoms with van der Waals surface area (Å²) >= 11 is 3.14. The van der Waals surface area contributed by atoms with E-state index in [0.29, 0.717) is 22.0 Å². The van der Waals surface area contributed by atoms with E-state index in [-0.39, 0.29) is 16.3 Å². The number of nitro benzene ring substituents is 2. The van der Waals surface area contributed by atoms with Crippen LogP contribution in [-0.4, -0.2) is 49.2 Å². The van der Waals surface area contributed by atoms with Crippen LogP contribution in [0.4, 0.5) is 17.1 Å². The standard InChI is InChI=1S/C12H16N2O3.C7H6BrNO3.C5H11N/c1-9-4-3-5-13(9)10-6-11(14(15)16)8-12(7-10)17-2;1-12-7-3-5(8)2-6(4-7)9(10)11;1-5-3-2-4-6-5/h6-9H,3-5H2,1-2H3;2-4H,1H3;5-6H,2-4H2,1H3/t9-;;5-/m0.0/s1. The number of nitrogens with zero attached hydrogens (tertiary/aromatic N) is 3. The van der Waals surface area contributed by atoms with E-state index in [1.165, 1.54) is 51.8 Å². The van der Waals surface area contributed by atoms with Crippen LogP contribution in [0.25, 0.3) is 0 Å². The van der Waals surface area contributed by atoms with Gasteiger partial charge in [-0.15, -0.1) is 0 Å². The second-order valence-electron chi connectivity index (χ2n) is 8.43. The molecular weight excluding hydrogens is 520 g/mol. The number of non-ortho nitro benzene ring substituents is 2. The van der Waals surface area contributed by atoms with Crippen molar-refractivity contribution in [2.45, 2.75) is 51.6 Å². The van der Waals surface area contributed by atoms with E-state index in [1.54, 1.807) is 12.1 Å². The molecule has 0 unspecified atom stereocenters. The zero-order valence-electron chi connectivity index (χ0n) is 20.5. The third-order valence-corrected chi connectivity index (χ3v) is 6.27. The molecule has 2 heterocycles. The van der Waals surface area contributed by atoms with Gasteiger partial charge in [0.15, 0.2) is 0 Å². The average Bonchev–Trinajstić information content (AvgIpc) is 3.49. The highest BCUT2D eigenvalue weighted by Gasteiger charge is 2.23. The van der Waals surface area contributed by atoms with Gasteiger partial charge in [-0.2, -0.15) is 0 Å². The van der Waals surface area contributed by atoms with Crippen LogP contribution in [0.15, 0.2) is 40.9 Å². The van der Waals surface area contributed by atoms with E-state index in [1.807, 2.05) is 6.07 Å². The number of nitrogens with one attached hydrogen (secondary N) is 1. The molecule has 2 aliphatic heterocycles. The maximum atomic E-state index is 10.8. The molecular formula is C24H33BrN4O6. The van der Waals surface area contributed by atoms with Crippen molar-refractivity contribution < 1.29 is 19.3 Å². The van der Waals surface area contributed by atoms with Gasteiger partial charge in [-0.1, -0.05) is 15.9 Å². The summed E-state index contributed by atoms with van der Waals surface area (Å²) in [5.41, 5.74) is 0.973. The van der Waals surface area contributed by atoms with Crippen molar-refractivity contribution in [2.24, 2.45) is 0 Å². The Kier molecular flexibility index (Phi) is 11.2. The summed E-state index contributed by atoms with van der Waals surface area (Å²) < 4.78 is 10.6. The SMILES string of the molecule is COc1cc(Br)cc([N+](=O)[O-])c1.COc1cc(N2CCC[C@@H]2C)cc([N+](=O)[O-])c1.C[C@H]1CCCN1. The zero-order valence-corrected chi connectivity index (χ0v) is 22.1. The molecule has 2 fully saturated rings. The van der Waals surface area contributed by atoms with E-state index in [4.69, 9.17) is 9.47 Å². The van der Waals surface area contributed by atoms with Crippen LogP contribution < -0.4 is 19.7 Å². The number of nitro groups is 2. The van der Waals surface area contributed by atoms with E-state index in [0.717, 1.165) is 31.1 Å². The summed E-state index contributed by atoms with van der Waals surface area (Å²) in [5.74, 6) is 1.00. The van der Waals surface area contributed by atoms with Crippen molar-refractivity contribution in [2.75, 3.05) is 32.2 Å². The molecule has 2 aromatic rings. The van der Waals surface area contributed by atoms with E-state index in [2.05, 4.69) is 40.0 Å². The zero-order chi connectivity index (χ0) is 26.0. The summed E-state index contributed by atoms with van der Waals surface area (Å²) in [6.07, 6.45) is 5.01. The number of halogens is 1. The second kappa shape index (κ2) is 13.8. The van der Waals surface area contributed by atoms with Crippen LogP contribution in [-0.2, 0) is 0 Å². The number of ether oxygens (including phenoxy) is 2. The van der Waals surface area contributed by atoms with Crippen LogP contribution in [0.5, 0.6) is 11.5 Å². The van der Waals surface area contributed by atoms with E-state index in [9.17, 15) is 20.2 Å². The fourth-order valence-corrected chi connectivity index (χ4v) is 4.36. The van der Waals surface area contributed by atoms with Gasteiger partial charge in [0.05, 0.1) is 36.2 Å². The predicted octanol–water partition coefficient (Wildman–Crippen LogP) is 5.72. The first kappa shape index (κ1) is 28.3. The Morgan fingerprint density at radius 2 is 1.51 bits per heavy atom. The summed E-state index contributed by atoms with van der Waals surface area (Å²) in [6, 6.07) is 10.6. The Morgan fingerprint density at radius 3 is 1.94 bits per heavy atom. The fourth-order valence-electron chi connectivity index (χ4n) is 3.90. The third-order valence-electron chi connectivity index (χ3n) is 5.82. The monoisotopic (exact) mass is 552 g/mol. The number of benzene rings is 2. The highest BCUT2D eigenvalue weighted by molar-refractivity contribution is 9.10. The molecule has 2 atom stereocenters. The van der Waals surface area contributed by atoms with E-state index >= 15 is 0 Å². The topological polar surface area (TPSA) is 120 Å². The first-order chi connectivity index (χ1) is 16.6. The number of hydrogen-bond donors (Lipinski definition) is 1. The highest BCUT2D eigenvalue weighted by atomic mass is 79.9. The molecule has 10 nitrogen and oxygen atoms in total. The van der Waals surface area contributed by atoms with Gasteiger partial charge in [0.1, 0.15) is 11.5 Å². The van der Waals surface area contributed by atoms with Gasteiger partial charge in [-0.25, -0.2) is 0 Å². The molecule has 0 spiro atoms. The molecule has 192 valence electrons. The molecule has 4 rings (SSSR count). The van der Waals surface area contributed by atoms with Crippen molar-refractivity contribution in [1.82, 2.24) is 5.32 Å². The lowest BCUT2D eigenvalue weighted by atomic mass is 10.2. The van der Waals surface area contributed by atoms with Crippen molar-refractivity contribution in [3.63, 3.8) is 0 Å². The van der Waals surface area contributed by atoms with Gasteiger partial charge < -0.3 is 19.7 Å². The number of hydrogen-bond acceptors (Lipinski definition) is 8. The van der Waals surface area contributed by atoms with Crippen molar-refractivity contribution in [3.8, 4) is 11.5 Å². The van der Waals surface area contributed by atoms with Gasteiger partial charge in [0, 0.05) is 47.0 Å². The fraction of sp³-hybridized carbons (Fsp3) is 0.500. The van der Waals surface area contributed by atoms with E-state index < -0.39 is 4.92 Å². The second-order valence-corrected chi connectivity index (χ2v) is 9.35. The molecule has 0 aliphatic carbocycles. The van der Waals surface area contributed by atoms with Crippen molar-refractivity contribution in [3.05, 3.63) is 61.1 Å². The Hall–Kier alpha value is -2.92. The molecule has 0 amide bonds. The Morgan fingerprint density at radius 1 is 0.914 bits per heavy atom. The first-order valence-corrected chi connectivity index (χ1v) is 12.3. The largest absolute Gasteiger partial charge is 0.496 e. The molecule has 0 bridgehead atoms. The van der Waals surface area contributed by atoms with Gasteiger partial charge in [-0.05, 0) is 52.1 Å². The lowest BCUT2D eigenvalue weighted by Crippen LogP contribution is -2.26. The predicted molar refractivity (Wildman–Crippen MR) is 140 cm³/mol. The van der Waals surface area contributed by atoms with Gasteiger partial charge >= 0.3 is 0 Å². The summed E-state index contributed by atoms with van der Waals surface area (Å²) in [6.45, 7) is 6.55. The number of rotatable bonds is 5. The Labute approximate surface area is 214 Å². The van der Waals surface area contributed by atoms with Gasteiger partial charge in [0.2, 0.25) is 0 Å². The molecule has 2 saturated heterocycles. The summed E-state index contributed by atoms with van der Waals surface area (Å²) in [5, 5.41) is 24.5. The maximum absolute atomic E-state index is 10.8. The third kappa shape index (κ3) is 8.99. The van der Waals surface area contributed by atoms with Crippen molar-refractivity contribution in [1.29, 1.82) is 0 Å². The highest BCUT2D eigenvalue weighted by Crippen LogP contribution is 2.32. The minimum atomic E-state index is -0.465. The number of anilines is 1. The molecule has 2 aromatic carbocycles. The van der Waals surface area contributed by atoms with Gasteiger partial charge in [0.25, 0.3) is 11.4 Å². The van der Waals surface area contributed by atoms with Crippen LogP contribution in [0.3, 0.4) is 0 Å². The minimum absolute atomic E-state index is 0.0150. The lowest BCUT2D eigenvalue weighted by molar-refractivity contribution is -0.385. The smallest absolute Gasteiger partial charge is 0.275 e. The quantitative estimate of drug-likeness (QED) is 0.369. The van der Waals surface area contributed by atoms with Crippen molar-refractivity contribution >= 4 is 33.0 Å². The number of methoxy groups -OCH3 is 2. The van der Waals surface area contributed by atoms with Crippen LogP contribution in [0.2, 0.25) is 0 Å². The molecule has 2 aliphatic rings. The van der Waals surface area contributed by atoms with Crippen LogP contribution in [0, 0.1) is 20.2 Å². The average molecular weight is 553 g/mol.